The third-order valence-corrected chi connectivity index (χ3v) is 5.05. The number of aromatic amines is 1. The van der Waals surface area contributed by atoms with Gasteiger partial charge in [-0.05, 0) is 31.4 Å². The Morgan fingerprint density at radius 2 is 2.18 bits per heavy atom. The molecule has 3 aromatic rings. The highest BCUT2D eigenvalue weighted by Gasteiger charge is 2.29. The molecule has 0 radical (unpaired) electrons. The fourth-order valence-corrected chi connectivity index (χ4v) is 3.68. The molecule has 1 aliphatic heterocycles. The molecule has 0 saturated carbocycles. The largest absolute Gasteiger partial charge is 0.338 e. The van der Waals surface area contributed by atoms with Crippen LogP contribution in [0, 0.1) is 6.92 Å². The van der Waals surface area contributed by atoms with E-state index in [1.54, 1.807) is 24.2 Å². The van der Waals surface area contributed by atoms with Crippen LogP contribution in [0.1, 0.15) is 46.3 Å². The minimum atomic E-state index is -0.391. The number of imidazole rings is 1. The van der Waals surface area contributed by atoms with E-state index in [0.29, 0.717) is 25.5 Å². The molecule has 1 N–H and O–H groups in total. The van der Waals surface area contributed by atoms with Gasteiger partial charge in [-0.1, -0.05) is 6.07 Å². The second-order valence-electron chi connectivity index (χ2n) is 7.08. The van der Waals surface area contributed by atoms with Crippen LogP contribution in [-0.2, 0) is 6.54 Å². The van der Waals surface area contributed by atoms with E-state index in [1.807, 2.05) is 24.5 Å². The fourth-order valence-electron chi connectivity index (χ4n) is 3.68. The van der Waals surface area contributed by atoms with Crippen molar-refractivity contribution in [2.45, 2.75) is 32.2 Å². The molecule has 1 aliphatic rings. The number of piperidine rings is 1. The van der Waals surface area contributed by atoms with Crippen LogP contribution < -0.4 is 5.56 Å². The summed E-state index contributed by atoms with van der Waals surface area (Å²) < 4.78 is 2.11. The first-order valence-corrected chi connectivity index (χ1v) is 9.37. The maximum Gasteiger partial charge on any atom is 0.263 e. The van der Waals surface area contributed by atoms with E-state index in [2.05, 4.69) is 24.5 Å². The Hall–Kier alpha value is -3.29. The molecule has 4 heterocycles. The summed E-state index contributed by atoms with van der Waals surface area (Å²) in [4.78, 5) is 42.1. The first-order chi connectivity index (χ1) is 13.6. The smallest absolute Gasteiger partial charge is 0.263 e. The number of carbonyl (C=O) groups excluding carboxylic acids is 1. The van der Waals surface area contributed by atoms with Crippen molar-refractivity contribution >= 4 is 5.91 Å². The first kappa shape index (κ1) is 18.1. The summed E-state index contributed by atoms with van der Waals surface area (Å²) in [7, 11) is 0. The molecule has 1 unspecified atom stereocenters. The minimum Gasteiger partial charge on any atom is -0.338 e. The van der Waals surface area contributed by atoms with Crippen LogP contribution >= 0.6 is 0 Å². The molecule has 0 bridgehead atoms. The Morgan fingerprint density at radius 1 is 1.29 bits per heavy atom. The van der Waals surface area contributed by atoms with Gasteiger partial charge in [-0.3, -0.25) is 14.6 Å². The summed E-state index contributed by atoms with van der Waals surface area (Å²) in [6.07, 6.45) is 10.5. The molecule has 1 fully saturated rings. The number of nitrogens with zero attached hydrogens (tertiary/aromatic N) is 5. The number of rotatable bonds is 4. The normalized spacial score (nSPS) is 16.9. The topological polar surface area (TPSA) is 96.8 Å². The number of likely N-dealkylation sites (tertiary alicyclic amines) is 1. The SMILES string of the molecule is Cc1ncc(C(=O)N2CCCC(c3nccn3Cc3cccnc3)C2)c(=O)[nH]1. The monoisotopic (exact) mass is 378 g/mol. The molecule has 4 rings (SSSR count). The summed E-state index contributed by atoms with van der Waals surface area (Å²) in [5.74, 6) is 1.30. The molecule has 3 aromatic heterocycles. The van der Waals surface area contributed by atoms with Crippen LogP contribution in [0.15, 0.2) is 47.9 Å². The maximum absolute atomic E-state index is 12.9. The zero-order valence-corrected chi connectivity index (χ0v) is 15.7. The molecule has 144 valence electrons. The van der Waals surface area contributed by atoms with Gasteiger partial charge >= 0.3 is 0 Å². The Bertz CT molecular complexity index is 1030. The number of aryl methyl sites for hydroxylation is 1. The van der Waals surface area contributed by atoms with E-state index in [0.717, 1.165) is 24.2 Å². The van der Waals surface area contributed by atoms with Crippen molar-refractivity contribution in [1.82, 2.24) is 29.4 Å². The van der Waals surface area contributed by atoms with Gasteiger partial charge in [-0.25, -0.2) is 9.97 Å². The summed E-state index contributed by atoms with van der Waals surface area (Å²) >= 11 is 0. The van der Waals surface area contributed by atoms with Crippen LogP contribution in [0.5, 0.6) is 0 Å². The Morgan fingerprint density at radius 3 is 2.96 bits per heavy atom. The molecule has 8 nitrogen and oxygen atoms in total. The molecular formula is C20H22N6O2. The van der Waals surface area contributed by atoms with Gasteiger partial charge in [-0.15, -0.1) is 0 Å². The summed E-state index contributed by atoms with van der Waals surface area (Å²) in [5.41, 5.74) is 0.797. The van der Waals surface area contributed by atoms with Crippen LogP contribution in [0.25, 0.3) is 0 Å². The van der Waals surface area contributed by atoms with Crippen LogP contribution in [0.3, 0.4) is 0 Å². The second kappa shape index (κ2) is 7.75. The molecule has 1 amide bonds. The molecule has 8 heteroatoms. The summed E-state index contributed by atoms with van der Waals surface area (Å²) in [6, 6.07) is 3.95. The average molecular weight is 378 g/mol. The quantitative estimate of drug-likeness (QED) is 0.746. The Balaban J connectivity index is 1.52. The first-order valence-electron chi connectivity index (χ1n) is 9.37. The third-order valence-electron chi connectivity index (χ3n) is 5.05. The van der Waals surface area contributed by atoms with E-state index in [-0.39, 0.29) is 17.4 Å². The van der Waals surface area contributed by atoms with E-state index >= 15 is 0 Å². The van der Waals surface area contributed by atoms with Gasteiger partial charge in [0, 0.05) is 50.0 Å². The van der Waals surface area contributed by atoms with Crippen molar-refractivity contribution in [3.8, 4) is 0 Å². The lowest BCUT2D eigenvalue weighted by molar-refractivity contribution is 0.0701. The van der Waals surface area contributed by atoms with Crippen molar-refractivity contribution in [1.29, 1.82) is 0 Å². The van der Waals surface area contributed by atoms with E-state index in [1.165, 1.54) is 6.20 Å². The van der Waals surface area contributed by atoms with Crippen molar-refractivity contribution in [2.75, 3.05) is 13.1 Å². The van der Waals surface area contributed by atoms with Crippen molar-refractivity contribution in [3.63, 3.8) is 0 Å². The van der Waals surface area contributed by atoms with Gasteiger partial charge in [0.15, 0.2) is 0 Å². The molecule has 28 heavy (non-hydrogen) atoms. The average Bonchev–Trinajstić information content (AvgIpc) is 3.16. The standard InChI is InChI=1S/C20H22N6O2/c1-14-23-11-17(19(27)24-14)20(28)26-8-3-5-16(13-26)18-22-7-9-25(18)12-15-4-2-6-21-10-15/h2,4,6-7,9-11,16H,3,5,8,12-13H2,1H3,(H,23,24,27). The molecule has 1 saturated heterocycles. The van der Waals surface area contributed by atoms with E-state index in [4.69, 9.17) is 0 Å². The number of aromatic nitrogens is 5. The van der Waals surface area contributed by atoms with Crippen molar-refractivity contribution < 1.29 is 4.79 Å². The summed E-state index contributed by atoms with van der Waals surface area (Å²) in [5, 5.41) is 0. The van der Waals surface area contributed by atoms with Gasteiger partial charge in [0.25, 0.3) is 11.5 Å². The highest BCUT2D eigenvalue weighted by atomic mass is 16.2. The van der Waals surface area contributed by atoms with Crippen LogP contribution in [0.4, 0.5) is 0 Å². The number of carbonyl (C=O) groups is 1. The number of hydrogen-bond acceptors (Lipinski definition) is 5. The van der Waals surface area contributed by atoms with Gasteiger partial charge in [-0.2, -0.15) is 0 Å². The fraction of sp³-hybridized carbons (Fsp3) is 0.350. The minimum absolute atomic E-state index is 0.0879. The van der Waals surface area contributed by atoms with Gasteiger partial charge in [0.2, 0.25) is 0 Å². The Labute approximate surface area is 162 Å². The number of H-pyrrole nitrogens is 1. The van der Waals surface area contributed by atoms with E-state index < -0.39 is 5.56 Å². The number of hydrogen-bond donors (Lipinski definition) is 1. The summed E-state index contributed by atoms with van der Waals surface area (Å²) in [6.45, 7) is 3.55. The second-order valence-corrected chi connectivity index (χ2v) is 7.08. The third kappa shape index (κ3) is 3.71. The molecule has 0 aliphatic carbocycles. The number of pyridine rings is 1. The van der Waals surface area contributed by atoms with Gasteiger partial charge < -0.3 is 14.5 Å². The lowest BCUT2D eigenvalue weighted by atomic mass is 9.96. The van der Waals surface area contributed by atoms with Gasteiger partial charge in [0.1, 0.15) is 17.2 Å². The zero-order valence-electron chi connectivity index (χ0n) is 15.7. The lowest BCUT2D eigenvalue weighted by Crippen LogP contribution is -2.41. The van der Waals surface area contributed by atoms with Gasteiger partial charge in [0.05, 0.1) is 6.54 Å². The van der Waals surface area contributed by atoms with Crippen LogP contribution in [-0.4, -0.2) is 48.4 Å². The lowest BCUT2D eigenvalue weighted by Gasteiger charge is -2.32. The zero-order chi connectivity index (χ0) is 19.5. The van der Waals surface area contributed by atoms with Crippen LogP contribution in [0.2, 0.25) is 0 Å². The highest BCUT2D eigenvalue weighted by Crippen LogP contribution is 2.27. The molecule has 1 atom stereocenters. The highest BCUT2D eigenvalue weighted by molar-refractivity contribution is 5.93. The number of amides is 1. The number of nitrogens with one attached hydrogen (secondary N) is 1. The molecular weight excluding hydrogens is 356 g/mol. The van der Waals surface area contributed by atoms with Crippen molar-refractivity contribution in [3.05, 3.63) is 76.2 Å². The maximum atomic E-state index is 12.9. The molecule has 0 spiro atoms. The van der Waals surface area contributed by atoms with Crippen molar-refractivity contribution in [2.24, 2.45) is 0 Å². The predicted octanol–water partition coefficient (Wildman–Crippen LogP) is 1.74. The Kier molecular flexibility index (Phi) is 5.01. The predicted molar refractivity (Wildman–Crippen MR) is 103 cm³/mol. The van der Waals surface area contributed by atoms with E-state index in [9.17, 15) is 9.59 Å². The molecule has 0 aromatic carbocycles.